The van der Waals surface area contributed by atoms with Crippen LogP contribution in [0.4, 0.5) is 0 Å². The van der Waals surface area contributed by atoms with Gasteiger partial charge in [0.25, 0.3) is 11.7 Å². The van der Waals surface area contributed by atoms with Crippen molar-refractivity contribution in [3.63, 3.8) is 0 Å². The lowest BCUT2D eigenvalue weighted by Gasteiger charge is -2.25. The van der Waals surface area contributed by atoms with Crippen molar-refractivity contribution < 1.29 is 19.4 Å². The van der Waals surface area contributed by atoms with Crippen LogP contribution in [0.1, 0.15) is 55.0 Å². The highest BCUT2D eigenvalue weighted by Gasteiger charge is 2.46. The van der Waals surface area contributed by atoms with Gasteiger partial charge in [0.1, 0.15) is 11.5 Å². The lowest BCUT2D eigenvalue weighted by molar-refractivity contribution is -0.140. The van der Waals surface area contributed by atoms with Gasteiger partial charge in [0, 0.05) is 24.5 Å². The first-order chi connectivity index (χ1) is 17.0. The number of aryl methyl sites for hydroxylation is 1. The van der Waals surface area contributed by atoms with E-state index in [9.17, 15) is 14.7 Å². The van der Waals surface area contributed by atoms with Gasteiger partial charge in [-0.1, -0.05) is 56.7 Å². The Balaban J connectivity index is 1.78. The van der Waals surface area contributed by atoms with Gasteiger partial charge in [0.2, 0.25) is 0 Å². The minimum atomic E-state index is -0.710. The van der Waals surface area contributed by atoms with Crippen molar-refractivity contribution in [2.45, 2.75) is 45.7 Å². The van der Waals surface area contributed by atoms with Gasteiger partial charge >= 0.3 is 0 Å². The van der Waals surface area contributed by atoms with Crippen LogP contribution in [0.3, 0.4) is 0 Å². The van der Waals surface area contributed by atoms with Crippen molar-refractivity contribution in [3.8, 4) is 5.75 Å². The van der Waals surface area contributed by atoms with Crippen LogP contribution in [0.2, 0.25) is 0 Å². The van der Waals surface area contributed by atoms with Gasteiger partial charge in [0.05, 0.1) is 18.2 Å². The van der Waals surface area contributed by atoms with Gasteiger partial charge < -0.3 is 14.7 Å². The van der Waals surface area contributed by atoms with Crippen LogP contribution in [0, 0.1) is 0 Å². The predicted molar refractivity (Wildman–Crippen MR) is 135 cm³/mol. The number of carbonyl (C=O) groups is 2. The Morgan fingerprint density at radius 1 is 1.00 bits per heavy atom. The fourth-order valence-electron chi connectivity index (χ4n) is 4.23. The van der Waals surface area contributed by atoms with E-state index in [4.69, 9.17) is 4.74 Å². The van der Waals surface area contributed by atoms with E-state index in [1.54, 1.807) is 30.6 Å². The van der Waals surface area contributed by atoms with Crippen LogP contribution in [0.15, 0.2) is 78.6 Å². The summed E-state index contributed by atoms with van der Waals surface area (Å²) in [5, 5.41) is 11.3. The Kier molecular flexibility index (Phi) is 7.60. The van der Waals surface area contributed by atoms with Crippen molar-refractivity contribution in [1.82, 2.24) is 9.88 Å². The van der Waals surface area contributed by atoms with Crippen molar-refractivity contribution in [2.24, 2.45) is 0 Å². The smallest absolute Gasteiger partial charge is 0.295 e. The zero-order valence-electron chi connectivity index (χ0n) is 20.1. The molecular formula is C29H30N2O4. The van der Waals surface area contributed by atoms with Gasteiger partial charge in [-0.05, 0) is 53.8 Å². The van der Waals surface area contributed by atoms with Gasteiger partial charge in [-0.25, -0.2) is 0 Å². The monoisotopic (exact) mass is 470 g/mol. The Morgan fingerprint density at radius 3 is 2.43 bits per heavy atom. The highest BCUT2D eigenvalue weighted by Crippen LogP contribution is 2.40. The number of hydrogen-bond acceptors (Lipinski definition) is 5. The van der Waals surface area contributed by atoms with Crippen LogP contribution in [0.5, 0.6) is 5.75 Å². The summed E-state index contributed by atoms with van der Waals surface area (Å²) in [4.78, 5) is 32.0. The molecule has 1 unspecified atom stereocenters. The number of likely N-dealkylation sites (tertiary alicyclic amines) is 1. The number of nitrogens with zero attached hydrogens (tertiary/aromatic N) is 2. The van der Waals surface area contributed by atoms with Gasteiger partial charge in [-0.15, -0.1) is 0 Å². The summed E-state index contributed by atoms with van der Waals surface area (Å²) >= 11 is 0. The molecule has 1 aromatic heterocycles. The number of unbranched alkanes of at least 4 members (excludes halogenated alkanes) is 1. The van der Waals surface area contributed by atoms with E-state index in [-0.39, 0.29) is 17.9 Å². The molecule has 2 aromatic carbocycles. The lowest BCUT2D eigenvalue weighted by Crippen LogP contribution is -2.29. The largest absolute Gasteiger partial charge is 0.507 e. The molecule has 0 radical (unpaired) electrons. The maximum absolute atomic E-state index is 13.3. The fraction of sp³-hybridized carbons (Fsp3) is 0.276. The molecule has 6 heteroatoms. The van der Waals surface area contributed by atoms with Crippen molar-refractivity contribution in [2.75, 3.05) is 6.61 Å². The Labute approximate surface area is 205 Å². The normalized spacial score (nSPS) is 17.1. The average Bonchev–Trinajstić information content (AvgIpc) is 3.14. The zero-order valence-corrected chi connectivity index (χ0v) is 20.1. The lowest BCUT2D eigenvalue weighted by atomic mass is 9.94. The van der Waals surface area contributed by atoms with E-state index < -0.39 is 17.7 Å². The standard InChI is InChI=1S/C29H30N2O4/c1-3-5-17-35-24-8-6-7-23(18-24)27(32)25-26(22-11-9-20(4-2)10-12-22)31(29(34)28(25)33)19-21-13-15-30-16-14-21/h6-16,18,26,32H,3-5,17,19H2,1-2H3/b27-25+. The topological polar surface area (TPSA) is 79.7 Å². The molecule has 1 saturated heterocycles. The second-order valence-electron chi connectivity index (χ2n) is 8.61. The van der Waals surface area contributed by atoms with Gasteiger partial charge in [-0.2, -0.15) is 0 Å². The summed E-state index contributed by atoms with van der Waals surface area (Å²) in [6.45, 7) is 4.95. The number of aliphatic hydroxyl groups excluding tert-OH is 1. The third-order valence-corrected chi connectivity index (χ3v) is 6.22. The minimum absolute atomic E-state index is 0.0824. The summed E-state index contributed by atoms with van der Waals surface area (Å²) < 4.78 is 5.78. The highest BCUT2D eigenvalue weighted by molar-refractivity contribution is 6.46. The highest BCUT2D eigenvalue weighted by atomic mass is 16.5. The molecule has 0 bridgehead atoms. The molecule has 1 amide bonds. The quantitative estimate of drug-likeness (QED) is 0.195. The fourth-order valence-corrected chi connectivity index (χ4v) is 4.23. The van der Waals surface area contributed by atoms with E-state index in [0.29, 0.717) is 17.9 Å². The van der Waals surface area contributed by atoms with Crippen molar-refractivity contribution in [1.29, 1.82) is 0 Å². The van der Waals surface area contributed by atoms with E-state index in [2.05, 4.69) is 18.8 Å². The molecule has 4 rings (SSSR count). The number of hydrogen-bond donors (Lipinski definition) is 1. The summed E-state index contributed by atoms with van der Waals surface area (Å²) in [5.74, 6) is -0.926. The third-order valence-electron chi connectivity index (χ3n) is 6.22. The molecule has 0 spiro atoms. The molecule has 35 heavy (non-hydrogen) atoms. The maximum atomic E-state index is 13.3. The molecule has 1 atom stereocenters. The summed E-state index contributed by atoms with van der Waals surface area (Å²) in [6.07, 6.45) is 6.12. The number of rotatable bonds is 9. The number of carbonyl (C=O) groups excluding carboxylic acids is 2. The second-order valence-corrected chi connectivity index (χ2v) is 8.61. The van der Waals surface area contributed by atoms with E-state index in [0.717, 1.165) is 36.0 Å². The first-order valence-electron chi connectivity index (χ1n) is 12.0. The Bertz CT molecular complexity index is 1220. The number of amides is 1. The molecule has 1 aliphatic rings. The van der Waals surface area contributed by atoms with Crippen LogP contribution in [-0.4, -0.2) is 33.3 Å². The summed E-state index contributed by atoms with van der Waals surface area (Å²) in [6, 6.07) is 17.8. The Hall–Kier alpha value is -3.93. The van der Waals surface area contributed by atoms with Crippen molar-refractivity contribution >= 4 is 17.4 Å². The summed E-state index contributed by atoms with van der Waals surface area (Å²) in [5.41, 5.74) is 3.29. The first kappa shape index (κ1) is 24.2. The SMILES string of the molecule is CCCCOc1cccc(/C(O)=C2\C(=O)C(=O)N(Cc3ccncc3)C2c2ccc(CC)cc2)c1. The number of Topliss-reactive ketones (excluding diaryl/α,β-unsaturated/α-hetero) is 1. The number of benzene rings is 2. The molecule has 1 fully saturated rings. The van der Waals surface area contributed by atoms with Crippen LogP contribution >= 0.6 is 0 Å². The van der Waals surface area contributed by atoms with Crippen LogP contribution < -0.4 is 4.74 Å². The van der Waals surface area contributed by atoms with Crippen molar-refractivity contribution in [3.05, 3.63) is 101 Å². The van der Waals surface area contributed by atoms with E-state index in [1.807, 2.05) is 42.5 Å². The molecule has 6 nitrogen and oxygen atoms in total. The molecule has 1 aliphatic heterocycles. The number of pyridine rings is 1. The molecular weight excluding hydrogens is 440 g/mol. The molecule has 3 aromatic rings. The van der Waals surface area contributed by atoms with E-state index >= 15 is 0 Å². The first-order valence-corrected chi connectivity index (χ1v) is 12.0. The van der Waals surface area contributed by atoms with Crippen LogP contribution in [-0.2, 0) is 22.6 Å². The van der Waals surface area contributed by atoms with E-state index in [1.165, 1.54) is 4.90 Å². The van der Waals surface area contributed by atoms with Gasteiger partial charge in [0.15, 0.2) is 0 Å². The van der Waals surface area contributed by atoms with Crippen LogP contribution in [0.25, 0.3) is 5.76 Å². The predicted octanol–water partition coefficient (Wildman–Crippen LogP) is 5.44. The zero-order chi connectivity index (χ0) is 24.8. The average molecular weight is 471 g/mol. The Morgan fingerprint density at radius 2 is 1.74 bits per heavy atom. The molecule has 0 saturated carbocycles. The summed E-state index contributed by atoms with van der Waals surface area (Å²) in [7, 11) is 0. The number of aromatic nitrogens is 1. The minimum Gasteiger partial charge on any atom is -0.507 e. The number of ether oxygens (including phenoxy) is 1. The number of aliphatic hydroxyl groups is 1. The third kappa shape index (κ3) is 5.27. The molecule has 1 N–H and O–H groups in total. The molecule has 0 aliphatic carbocycles. The number of ketones is 1. The molecule has 2 heterocycles. The molecule has 180 valence electrons. The second kappa shape index (κ2) is 11.0. The van der Waals surface area contributed by atoms with Gasteiger partial charge in [-0.3, -0.25) is 14.6 Å². The maximum Gasteiger partial charge on any atom is 0.295 e.